The van der Waals surface area contributed by atoms with E-state index in [1.165, 1.54) is 11.8 Å². The van der Waals surface area contributed by atoms with E-state index >= 15 is 0 Å². The number of aryl methyl sites for hydroxylation is 1. The van der Waals surface area contributed by atoms with E-state index in [1.54, 1.807) is 11.1 Å². The van der Waals surface area contributed by atoms with Crippen molar-refractivity contribution in [1.29, 1.82) is 0 Å². The first-order valence-corrected chi connectivity index (χ1v) is 9.24. The number of hydrogen-bond acceptors (Lipinski definition) is 4. The zero-order valence-electron chi connectivity index (χ0n) is 15.5. The van der Waals surface area contributed by atoms with Crippen molar-refractivity contribution in [1.82, 2.24) is 9.97 Å². The molecule has 0 aliphatic carbocycles. The smallest absolute Gasteiger partial charge is 0.278 e. The zero-order valence-corrected chi connectivity index (χ0v) is 15.5. The summed E-state index contributed by atoms with van der Waals surface area (Å²) in [7, 11) is 0. The maximum Gasteiger partial charge on any atom is 0.278 e. The average Bonchev–Trinajstić information content (AvgIpc) is 2.74. The van der Waals surface area contributed by atoms with Gasteiger partial charge in [0.15, 0.2) is 0 Å². The van der Waals surface area contributed by atoms with Crippen LogP contribution in [0.3, 0.4) is 0 Å². The van der Waals surface area contributed by atoms with Gasteiger partial charge in [0.25, 0.3) is 5.91 Å². The van der Waals surface area contributed by atoms with Gasteiger partial charge in [-0.15, -0.1) is 0 Å². The molecular formula is C22H24N4O. The van der Waals surface area contributed by atoms with Crippen molar-refractivity contribution in [2.75, 3.05) is 23.3 Å². The molecule has 0 unspecified atom stereocenters. The van der Waals surface area contributed by atoms with E-state index in [-0.39, 0.29) is 5.91 Å². The summed E-state index contributed by atoms with van der Waals surface area (Å²) >= 11 is 0. The molecule has 0 aliphatic heterocycles. The summed E-state index contributed by atoms with van der Waals surface area (Å²) < 4.78 is 0. The summed E-state index contributed by atoms with van der Waals surface area (Å²) in [6, 6.07) is 20.0. The first-order chi connectivity index (χ1) is 13.3. The fraction of sp³-hybridized carbons (Fsp3) is 0.227. The molecule has 0 radical (unpaired) electrons. The van der Waals surface area contributed by atoms with E-state index in [2.05, 4.69) is 39.6 Å². The van der Waals surface area contributed by atoms with Crippen LogP contribution in [-0.4, -0.2) is 29.0 Å². The van der Waals surface area contributed by atoms with Gasteiger partial charge in [-0.3, -0.25) is 4.79 Å². The zero-order chi connectivity index (χ0) is 18.9. The van der Waals surface area contributed by atoms with Crippen LogP contribution in [0.1, 0.15) is 29.4 Å². The minimum atomic E-state index is -0.146. The summed E-state index contributed by atoms with van der Waals surface area (Å²) in [5.74, 6) is 0.536. The molecule has 3 rings (SSSR count). The van der Waals surface area contributed by atoms with Crippen molar-refractivity contribution in [2.45, 2.75) is 19.8 Å². The molecule has 5 heteroatoms. The van der Waals surface area contributed by atoms with Crippen LogP contribution in [0, 0.1) is 0 Å². The predicted molar refractivity (Wildman–Crippen MR) is 109 cm³/mol. The van der Waals surface area contributed by atoms with Crippen molar-refractivity contribution < 1.29 is 4.79 Å². The molecule has 0 aliphatic rings. The molecule has 0 saturated heterocycles. The lowest BCUT2D eigenvalue weighted by Crippen LogP contribution is -2.31. The van der Waals surface area contributed by atoms with Gasteiger partial charge >= 0.3 is 0 Å². The molecule has 1 heterocycles. The highest BCUT2D eigenvalue weighted by Crippen LogP contribution is 2.16. The third kappa shape index (κ3) is 5.14. The number of rotatable bonds is 8. The summed E-state index contributed by atoms with van der Waals surface area (Å²) in [4.78, 5) is 23.0. The van der Waals surface area contributed by atoms with Crippen LogP contribution >= 0.6 is 0 Å². The Kier molecular flexibility index (Phi) is 6.52. The first kappa shape index (κ1) is 18.6. The van der Waals surface area contributed by atoms with Crippen molar-refractivity contribution in [3.8, 4) is 0 Å². The standard InChI is InChI=1S/C22H24N4O/c1-2-26(19-13-7-4-8-14-19)22(27)20-16-25-21(17-24-20)23-15-9-12-18-10-5-3-6-11-18/h3-8,10-11,13-14,16-17H,2,9,12,15H2,1H3,(H,23,25). The second kappa shape index (κ2) is 9.48. The van der Waals surface area contributed by atoms with Crippen molar-refractivity contribution in [3.05, 3.63) is 84.3 Å². The molecule has 0 bridgehead atoms. The molecule has 1 amide bonds. The minimum Gasteiger partial charge on any atom is -0.369 e. The number of hydrogen-bond donors (Lipinski definition) is 1. The number of nitrogens with one attached hydrogen (secondary N) is 1. The first-order valence-electron chi connectivity index (χ1n) is 9.24. The van der Waals surface area contributed by atoms with Crippen LogP contribution in [0.4, 0.5) is 11.5 Å². The molecule has 2 aromatic carbocycles. The SMILES string of the molecule is CCN(C(=O)c1cnc(NCCCc2ccccc2)cn1)c1ccccc1. The lowest BCUT2D eigenvalue weighted by molar-refractivity contribution is 0.0983. The van der Waals surface area contributed by atoms with Gasteiger partial charge in [0.1, 0.15) is 11.5 Å². The summed E-state index contributed by atoms with van der Waals surface area (Å²) in [5.41, 5.74) is 2.53. The Bertz CT molecular complexity index is 835. The normalized spacial score (nSPS) is 10.4. The van der Waals surface area contributed by atoms with Crippen LogP contribution in [0.5, 0.6) is 0 Å². The average molecular weight is 360 g/mol. The quantitative estimate of drug-likeness (QED) is 0.612. The largest absolute Gasteiger partial charge is 0.369 e. The molecule has 27 heavy (non-hydrogen) atoms. The van der Waals surface area contributed by atoms with Gasteiger partial charge in [0.05, 0.1) is 12.4 Å². The van der Waals surface area contributed by atoms with E-state index in [4.69, 9.17) is 0 Å². The van der Waals surface area contributed by atoms with Crippen molar-refractivity contribution >= 4 is 17.4 Å². The molecule has 0 spiro atoms. The Labute approximate surface area is 160 Å². The fourth-order valence-electron chi connectivity index (χ4n) is 2.87. The minimum absolute atomic E-state index is 0.146. The fourth-order valence-corrected chi connectivity index (χ4v) is 2.87. The second-order valence-electron chi connectivity index (χ2n) is 6.19. The Hall–Kier alpha value is -3.21. The maximum absolute atomic E-state index is 12.7. The van der Waals surface area contributed by atoms with Crippen LogP contribution < -0.4 is 10.2 Å². The molecule has 1 N–H and O–H groups in total. The summed E-state index contributed by atoms with van der Waals surface area (Å²) in [5, 5.41) is 3.26. The molecule has 3 aromatic rings. The van der Waals surface area contributed by atoms with Crippen molar-refractivity contribution in [3.63, 3.8) is 0 Å². The van der Waals surface area contributed by atoms with Gasteiger partial charge in [0, 0.05) is 18.8 Å². The van der Waals surface area contributed by atoms with E-state index < -0.39 is 0 Å². The van der Waals surface area contributed by atoms with Crippen LogP contribution in [0.25, 0.3) is 0 Å². The summed E-state index contributed by atoms with van der Waals surface area (Å²) in [6.07, 6.45) is 5.17. The molecule has 138 valence electrons. The van der Waals surface area contributed by atoms with Crippen LogP contribution in [0.2, 0.25) is 0 Å². The molecule has 0 atom stereocenters. The van der Waals surface area contributed by atoms with E-state index in [9.17, 15) is 4.79 Å². The van der Waals surface area contributed by atoms with Gasteiger partial charge in [-0.25, -0.2) is 9.97 Å². The van der Waals surface area contributed by atoms with Crippen LogP contribution in [0.15, 0.2) is 73.1 Å². The number of anilines is 2. The van der Waals surface area contributed by atoms with Gasteiger partial charge in [-0.2, -0.15) is 0 Å². The number of carbonyl (C=O) groups excluding carboxylic acids is 1. The highest BCUT2D eigenvalue weighted by Gasteiger charge is 2.17. The molecular weight excluding hydrogens is 336 g/mol. The lowest BCUT2D eigenvalue weighted by Gasteiger charge is -2.20. The summed E-state index contributed by atoms with van der Waals surface area (Å²) in [6.45, 7) is 3.33. The topological polar surface area (TPSA) is 58.1 Å². The molecule has 0 fully saturated rings. The van der Waals surface area contributed by atoms with Gasteiger partial charge in [-0.1, -0.05) is 48.5 Å². The number of nitrogens with zero attached hydrogens (tertiary/aromatic N) is 3. The lowest BCUT2D eigenvalue weighted by atomic mass is 10.1. The number of para-hydroxylation sites is 1. The molecule has 1 aromatic heterocycles. The Morgan fingerprint density at radius 2 is 1.67 bits per heavy atom. The van der Waals surface area contributed by atoms with Crippen molar-refractivity contribution in [2.24, 2.45) is 0 Å². The third-order valence-corrected chi connectivity index (χ3v) is 4.29. The van der Waals surface area contributed by atoms with Gasteiger partial charge in [0.2, 0.25) is 0 Å². The van der Waals surface area contributed by atoms with E-state index in [1.807, 2.05) is 43.3 Å². The van der Waals surface area contributed by atoms with E-state index in [0.29, 0.717) is 18.1 Å². The maximum atomic E-state index is 12.7. The predicted octanol–water partition coefficient (Wildman–Crippen LogP) is 4.19. The number of carbonyl (C=O) groups is 1. The van der Waals surface area contributed by atoms with Crippen LogP contribution in [-0.2, 0) is 6.42 Å². The number of amides is 1. The highest BCUT2D eigenvalue weighted by atomic mass is 16.2. The van der Waals surface area contributed by atoms with Gasteiger partial charge < -0.3 is 10.2 Å². The second-order valence-corrected chi connectivity index (χ2v) is 6.19. The number of aromatic nitrogens is 2. The third-order valence-electron chi connectivity index (χ3n) is 4.29. The monoisotopic (exact) mass is 360 g/mol. The number of benzene rings is 2. The van der Waals surface area contributed by atoms with E-state index in [0.717, 1.165) is 25.1 Å². The van der Waals surface area contributed by atoms with Gasteiger partial charge in [-0.05, 0) is 37.5 Å². The Balaban J connectivity index is 1.54. The Morgan fingerprint density at radius 1 is 0.963 bits per heavy atom. The molecule has 0 saturated carbocycles. The highest BCUT2D eigenvalue weighted by molar-refractivity contribution is 6.04. The Morgan fingerprint density at radius 3 is 2.30 bits per heavy atom. The molecule has 5 nitrogen and oxygen atoms in total.